The molecule has 1 N–H and O–H groups in total. The minimum absolute atomic E-state index is 0.0332. The van der Waals surface area contributed by atoms with Crippen molar-refractivity contribution < 1.29 is 22.3 Å². The van der Waals surface area contributed by atoms with Crippen molar-refractivity contribution in [3.8, 4) is 5.75 Å². The smallest absolute Gasteiger partial charge is 0.251 e. The average Bonchev–Trinajstić information content (AvgIpc) is 3.59. The number of sulfone groups is 1. The van der Waals surface area contributed by atoms with Gasteiger partial charge in [0.2, 0.25) is 0 Å². The van der Waals surface area contributed by atoms with E-state index in [0.29, 0.717) is 42.1 Å². The third kappa shape index (κ3) is 7.08. The Bertz CT molecular complexity index is 2370. The first kappa shape index (κ1) is 36.4. The maximum Gasteiger partial charge on any atom is 0.251 e. The molecule has 0 bridgehead atoms. The second kappa shape index (κ2) is 15.3. The van der Waals surface area contributed by atoms with Crippen molar-refractivity contribution in [1.82, 2.24) is 20.0 Å². The van der Waals surface area contributed by atoms with Gasteiger partial charge in [-0.25, -0.2) is 17.5 Å². The van der Waals surface area contributed by atoms with Crippen LogP contribution in [0.15, 0.2) is 133 Å². The van der Waals surface area contributed by atoms with E-state index in [2.05, 4.69) is 51.3 Å². The van der Waals surface area contributed by atoms with Gasteiger partial charge in [-0.1, -0.05) is 103 Å². The van der Waals surface area contributed by atoms with Gasteiger partial charge in [-0.05, 0) is 78.4 Å². The fourth-order valence-electron chi connectivity index (χ4n) is 8.24. The van der Waals surface area contributed by atoms with Crippen LogP contribution in [0.5, 0.6) is 5.75 Å². The average molecular weight is 755 g/mol. The van der Waals surface area contributed by atoms with E-state index in [1.165, 1.54) is 6.07 Å². The highest BCUT2D eigenvalue weighted by Gasteiger charge is 2.41. The normalized spacial score (nSPS) is 17.4. The molecular formula is C45H43FN4O4S. The first-order chi connectivity index (χ1) is 26.8. The number of likely N-dealkylation sites (tertiary alicyclic amines) is 1. The van der Waals surface area contributed by atoms with Crippen LogP contribution in [-0.4, -0.2) is 66.8 Å². The number of ether oxygens (including phenoxy) is 1. The number of carbonyl (C=O) groups is 1. The predicted octanol–water partition coefficient (Wildman–Crippen LogP) is 7.62. The van der Waals surface area contributed by atoms with Gasteiger partial charge in [0.05, 0.1) is 29.8 Å². The Balaban J connectivity index is 1.22. The number of rotatable bonds is 10. The molecule has 1 atom stereocenters. The topological polar surface area (TPSA) is 93.5 Å². The fraction of sp³-hybridized carbons (Fsp3) is 0.244. The van der Waals surface area contributed by atoms with E-state index in [1.807, 2.05) is 72.8 Å². The van der Waals surface area contributed by atoms with Crippen LogP contribution in [-0.2, 0) is 21.9 Å². The maximum absolute atomic E-state index is 14.8. The molecule has 2 aliphatic rings. The summed E-state index contributed by atoms with van der Waals surface area (Å²) >= 11 is 0. The maximum atomic E-state index is 14.8. The van der Waals surface area contributed by atoms with Gasteiger partial charge in [-0.2, -0.15) is 5.10 Å². The lowest BCUT2D eigenvalue weighted by atomic mass is 9.77. The van der Waals surface area contributed by atoms with Gasteiger partial charge >= 0.3 is 0 Å². The van der Waals surface area contributed by atoms with E-state index in [9.17, 15) is 17.6 Å². The number of hydrogen-bond acceptors (Lipinski definition) is 6. The van der Waals surface area contributed by atoms with Gasteiger partial charge in [-0.3, -0.25) is 9.69 Å². The first-order valence-electron chi connectivity index (χ1n) is 18.7. The number of aromatic nitrogens is 2. The zero-order valence-electron chi connectivity index (χ0n) is 30.7. The van der Waals surface area contributed by atoms with Crippen molar-refractivity contribution in [3.63, 3.8) is 0 Å². The van der Waals surface area contributed by atoms with E-state index >= 15 is 0 Å². The number of amides is 1. The molecule has 0 spiro atoms. The van der Waals surface area contributed by atoms with Crippen molar-refractivity contribution in [1.29, 1.82) is 0 Å². The molecule has 1 amide bonds. The molecule has 2 aliphatic heterocycles. The second-order valence-corrected chi connectivity index (χ2v) is 16.6. The number of piperidine rings is 1. The van der Waals surface area contributed by atoms with Crippen LogP contribution in [0.3, 0.4) is 0 Å². The van der Waals surface area contributed by atoms with Gasteiger partial charge in [-0.15, -0.1) is 0 Å². The van der Waals surface area contributed by atoms with Crippen LogP contribution < -0.4 is 10.1 Å². The number of hydrogen-bond donors (Lipinski definition) is 1. The van der Waals surface area contributed by atoms with Crippen LogP contribution in [0.2, 0.25) is 0 Å². The first-order valence-corrected chi connectivity index (χ1v) is 20.5. The molecule has 8 rings (SSSR count). The van der Waals surface area contributed by atoms with Gasteiger partial charge in [0.25, 0.3) is 5.91 Å². The van der Waals surface area contributed by atoms with Gasteiger partial charge in [0.15, 0.2) is 9.84 Å². The molecular weight excluding hydrogens is 712 g/mol. The van der Waals surface area contributed by atoms with E-state index in [1.54, 1.807) is 25.3 Å². The third-order valence-corrected chi connectivity index (χ3v) is 12.4. The van der Waals surface area contributed by atoms with Crippen molar-refractivity contribution in [2.75, 3.05) is 31.7 Å². The van der Waals surface area contributed by atoms with Crippen LogP contribution in [0.1, 0.15) is 57.6 Å². The lowest BCUT2D eigenvalue weighted by Gasteiger charge is -2.37. The molecule has 3 heterocycles. The van der Waals surface area contributed by atoms with E-state index in [4.69, 9.17) is 9.84 Å². The molecule has 5 aromatic carbocycles. The molecule has 1 aromatic heterocycles. The largest absolute Gasteiger partial charge is 0.496 e. The van der Waals surface area contributed by atoms with Crippen LogP contribution in [0.25, 0.3) is 16.5 Å². The molecule has 0 aliphatic carbocycles. The van der Waals surface area contributed by atoms with Gasteiger partial charge in [0.1, 0.15) is 17.1 Å². The quantitative estimate of drug-likeness (QED) is 0.145. The highest BCUT2D eigenvalue weighted by molar-refractivity contribution is 7.91. The molecule has 55 heavy (non-hydrogen) atoms. The van der Waals surface area contributed by atoms with E-state index in [-0.39, 0.29) is 29.3 Å². The van der Waals surface area contributed by atoms with E-state index < -0.39 is 15.4 Å². The molecule has 1 saturated heterocycles. The minimum Gasteiger partial charge on any atom is -0.496 e. The zero-order chi connectivity index (χ0) is 38.0. The summed E-state index contributed by atoms with van der Waals surface area (Å²) in [5, 5.41) is 9.45. The number of carbonyl (C=O) groups excluding carboxylic acids is 1. The highest BCUT2D eigenvalue weighted by atomic mass is 32.2. The summed E-state index contributed by atoms with van der Waals surface area (Å²) in [4.78, 5) is 16.2. The van der Waals surface area contributed by atoms with Gasteiger partial charge in [0, 0.05) is 35.6 Å². The number of benzene rings is 5. The van der Waals surface area contributed by atoms with Crippen LogP contribution >= 0.6 is 0 Å². The lowest BCUT2D eigenvalue weighted by molar-refractivity contribution is 0.0899. The fourth-order valence-corrected chi connectivity index (χ4v) is 9.40. The molecule has 1 fully saturated rings. The number of fused-ring (bicyclic) bond motifs is 1. The Morgan fingerprint density at radius 1 is 0.891 bits per heavy atom. The summed E-state index contributed by atoms with van der Waals surface area (Å²) in [6.07, 6.45) is 3.76. The number of methoxy groups -OCH3 is 1. The second-order valence-electron chi connectivity index (χ2n) is 14.4. The Kier molecular flexibility index (Phi) is 10.1. The summed E-state index contributed by atoms with van der Waals surface area (Å²) in [5.41, 5.74) is 5.38. The summed E-state index contributed by atoms with van der Waals surface area (Å²) in [7, 11) is -1.66. The summed E-state index contributed by atoms with van der Waals surface area (Å²) in [6.45, 7) is 1.74. The molecule has 0 radical (unpaired) electrons. The van der Waals surface area contributed by atoms with Crippen molar-refractivity contribution in [2.45, 2.75) is 37.4 Å². The summed E-state index contributed by atoms with van der Waals surface area (Å²) in [6, 6.07) is 41.2. The highest BCUT2D eigenvalue weighted by Crippen LogP contribution is 2.44. The van der Waals surface area contributed by atoms with Crippen LogP contribution in [0.4, 0.5) is 4.39 Å². The Labute approximate surface area is 321 Å². The Hall–Kier alpha value is -5.58. The summed E-state index contributed by atoms with van der Waals surface area (Å²) in [5.74, 6) is -0.0361. The molecule has 8 nitrogen and oxygen atoms in total. The number of halogens is 1. The Morgan fingerprint density at radius 2 is 1.55 bits per heavy atom. The molecule has 6 aromatic rings. The molecule has 0 unspecified atom stereocenters. The predicted molar refractivity (Wildman–Crippen MR) is 214 cm³/mol. The minimum atomic E-state index is -3.20. The molecule has 0 saturated carbocycles. The number of nitrogens with one attached hydrogen (secondary N) is 1. The monoisotopic (exact) mass is 754 g/mol. The SMILES string of the molecule is COc1cccc(F)c1CN1CCC[C@@H](NC(=O)c2ccc3c(c2)c(C2=CCS(=O)(=O)CC2)nn3C(c2ccccc2)(c2ccccc2)c2ccccc2)C1. The van der Waals surface area contributed by atoms with Gasteiger partial charge < -0.3 is 10.1 Å². The van der Waals surface area contributed by atoms with Crippen molar-refractivity contribution in [3.05, 3.63) is 173 Å². The zero-order valence-corrected chi connectivity index (χ0v) is 31.5. The number of nitrogens with zero attached hydrogens (tertiary/aromatic N) is 3. The number of allylic oxidation sites excluding steroid dienone is 1. The van der Waals surface area contributed by atoms with E-state index in [0.717, 1.165) is 52.6 Å². The van der Waals surface area contributed by atoms with Crippen LogP contribution in [0, 0.1) is 5.82 Å². The standard InChI is InChI=1S/C45H43FN4O4S/c1-54-42-21-11-20-40(46)39(42)31-49-26-12-19-37(30-49)47-44(51)33-22-23-41-38(29-33)43(32-24-27-55(52,53)28-25-32)48-50(41)45(34-13-5-2-6-14-34,35-15-7-3-8-16-35)36-17-9-4-10-18-36/h2-11,13-18,20-24,29,37H,12,19,25-28,30-31H2,1H3,(H,47,51)/t37-/m1/s1. The van der Waals surface area contributed by atoms with Crippen molar-refractivity contribution in [2.24, 2.45) is 0 Å². The van der Waals surface area contributed by atoms with Crippen molar-refractivity contribution >= 4 is 32.2 Å². The lowest BCUT2D eigenvalue weighted by Crippen LogP contribution is -2.47. The Morgan fingerprint density at radius 3 is 2.15 bits per heavy atom. The third-order valence-electron chi connectivity index (χ3n) is 10.9. The molecule has 280 valence electrons. The molecule has 10 heteroatoms. The summed E-state index contributed by atoms with van der Waals surface area (Å²) < 4.78 is 47.4.